The highest BCUT2D eigenvalue weighted by molar-refractivity contribution is 5.30. The minimum absolute atomic E-state index is 0.146. The molecule has 0 saturated heterocycles. The van der Waals surface area contributed by atoms with Gasteiger partial charge in [0.15, 0.2) is 0 Å². The van der Waals surface area contributed by atoms with Crippen LogP contribution < -0.4 is 5.32 Å². The van der Waals surface area contributed by atoms with Crippen LogP contribution in [0.1, 0.15) is 30.9 Å². The zero-order chi connectivity index (χ0) is 14.7. The van der Waals surface area contributed by atoms with Crippen molar-refractivity contribution in [1.82, 2.24) is 19.7 Å². The molecule has 3 rings (SSSR count). The summed E-state index contributed by atoms with van der Waals surface area (Å²) in [6.45, 7) is 2.70. The van der Waals surface area contributed by atoms with E-state index < -0.39 is 6.10 Å². The van der Waals surface area contributed by atoms with E-state index in [-0.39, 0.29) is 6.04 Å². The van der Waals surface area contributed by atoms with E-state index in [1.165, 1.54) is 0 Å². The van der Waals surface area contributed by atoms with E-state index in [0.717, 1.165) is 5.69 Å². The van der Waals surface area contributed by atoms with Gasteiger partial charge in [-0.25, -0.2) is 9.97 Å². The smallest absolute Gasteiger partial charge is 0.233 e. The number of rotatable bonds is 6. The first-order valence-electron chi connectivity index (χ1n) is 6.96. The second-order valence-electron chi connectivity index (χ2n) is 5.09. The fourth-order valence-corrected chi connectivity index (χ4v) is 2.30. The number of fused-ring (bicyclic) bond motifs is 1. The minimum atomic E-state index is -0.591. The number of furan rings is 1. The lowest BCUT2D eigenvalue weighted by Crippen LogP contribution is -2.27. The van der Waals surface area contributed by atoms with Gasteiger partial charge in [0.25, 0.3) is 0 Å². The molecule has 21 heavy (non-hydrogen) atoms. The van der Waals surface area contributed by atoms with Gasteiger partial charge in [-0.05, 0) is 31.5 Å². The number of aliphatic hydroxyl groups excluding tert-OH is 1. The van der Waals surface area contributed by atoms with Crippen molar-refractivity contribution in [2.75, 3.05) is 0 Å². The first-order valence-corrected chi connectivity index (χ1v) is 6.96. The van der Waals surface area contributed by atoms with Crippen LogP contribution in [0.4, 0.5) is 0 Å². The topological polar surface area (TPSA) is 75.6 Å². The standard InChI is InChI=1S/C15H18N4O2/c1-11(8-13(20)14-4-2-7-21-14)17-9-12-10-18-15-16-5-3-6-19(12)15/h2-7,10-11,13,17,20H,8-9H2,1H3. The summed E-state index contributed by atoms with van der Waals surface area (Å²) in [5.41, 5.74) is 1.04. The molecular weight excluding hydrogens is 268 g/mol. The van der Waals surface area contributed by atoms with Crippen molar-refractivity contribution in [3.8, 4) is 0 Å². The van der Waals surface area contributed by atoms with Crippen molar-refractivity contribution in [2.45, 2.75) is 32.0 Å². The Hall–Kier alpha value is -2.18. The quantitative estimate of drug-likeness (QED) is 0.724. The van der Waals surface area contributed by atoms with Gasteiger partial charge >= 0.3 is 0 Å². The molecule has 2 unspecified atom stereocenters. The Morgan fingerprint density at radius 1 is 1.38 bits per heavy atom. The first kappa shape index (κ1) is 13.8. The van der Waals surface area contributed by atoms with E-state index in [4.69, 9.17) is 4.42 Å². The Labute approximate surface area is 122 Å². The predicted molar refractivity (Wildman–Crippen MR) is 77.6 cm³/mol. The Kier molecular flexibility index (Phi) is 3.98. The molecule has 0 aromatic carbocycles. The van der Waals surface area contributed by atoms with Crippen LogP contribution in [-0.2, 0) is 6.54 Å². The number of hydrogen-bond donors (Lipinski definition) is 2. The van der Waals surface area contributed by atoms with Gasteiger partial charge < -0.3 is 14.8 Å². The van der Waals surface area contributed by atoms with Crippen molar-refractivity contribution in [3.05, 3.63) is 54.5 Å². The molecule has 3 heterocycles. The van der Waals surface area contributed by atoms with E-state index in [2.05, 4.69) is 15.3 Å². The molecule has 3 aromatic heterocycles. The summed E-state index contributed by atoms with van der Waals surface area (Å²) >= 11 is 0. The number of aliphatic hydroxyl groups is 1. The third-order valence-corrected chi connectivity index (χ3v) is 3.45. The van der Waals surface area contributed by atoms with Crippen LogP contribution in [0.2, 0.25) is 0 Å². The SMILES string of the molecule is CC(CC(O)c1ccco1)NCc1cnc2ncccn12. The number of nitrogens with one attached hydrogen (secondary N) is 1. The first-order chi connectivity index (χ1) is 10.2. The highest BCUT2D eigenvalue weighted by Gasteiger charge is 2.15. The molecule has 110 valence electrons. The van der Waals surface area contributed by atoms with Crippen LogP contribution >= 0.6 is 0 Å². The zero-order valence-corrected chi connectivity index (χ0v) is 11.8. The molecule has 0 fully saturated rings. The fraction of sp³-hybridized carbons (Fsp3) is 0.333. The average molecular weight is 286 g/mol. The third-order valence-electron chi connectivity index (χ3n) is 3.45. The molecule has 0 aliphatic rings. The molecule has 0 spiro atoms. The lowest BCUT2D eigenvalue weighted by Gasteiger charge is -2.16. The molecule has 2 N–H and O–H groups in total. The normalized spacial score (nSPS) is 14.4. The van der Waals surface area contributed by atoms with Crippen molar-refractivity contribution in [3.63, 3.8) is 0 Å². The summed E-state index contributed by atoms with van der Waals surface area (Å²) in [5, 5.41) is 13.4. The second kappa shape index (κ2) is 6.07. The molecule has 6 heteroatoms. The van der Waals surface area contributed by atoms with E-state index >= 15 is 0 Å². The Morgan fingerprint density at radius 2 is 2.29 bits per heavy atom. The van der Waals surface area contributed by atoms with Crippen molar-refractivity contribution < 1.29 is 9.52 Å². The Morgan fingerprint density at radius 3 is 3.10 bits per heavy atom. The van der Waals surface area contributed by atoms with E-state index in [1.807, 2.05) is 29.8 Å². The summed E-state index contributed by atoms with van der Waals surface area (Å²) in [7, 11) is 0. The van der Waals surface area contributed by atoms with Crippen LogP contribution in [0.5, 0.6) is 0 Å². The van der Waals surface area contributed by atoms with Crippen molar-refractivity contribution in [1.29, 1.82) is 0 Å². The van der Waals surface area contributed by atoms with E-state index in [9.17, 15) is 5.11 Å². The van der Waals surface area contributed by atoms with Crippen LogP contribution in [0, 0.1) is 0 Å². The summed E-state index contributed by atoms with van der Waals surface area (Å²) in [5.74, 6) is 1.29. The van der Waals surface area contributed by atoms with Crippen LogP contribution in [-0.4, -0.2) is 25.5 Å². The predicted octanol–water partition coefficient (Wildman–Crippen LogP) is 1.92. The number of imidazole rings is 1. The summed E-state index contributed by atoms with van der Waals surface area (Å²) in [6, 6.07) is 5.59. The second-order valence-corrected chi connectivity index (χ2v) is 5.09. The van der Waals surface area contributed by atoms with Crippen molar-refractivity contribution in [2.24, 2.45) is 0 Å². The molecule has 2 atom stereocenters. The molecule has 0 bridgehead atoms. The van der Waals surface area contributed by atoms with Crippen LogP contribution in [0.25, 0.3) is 5.78 Å². The highest BCUT2D eigenvalue weighted by atomic mass is 16.4. The van der Waals surface area contributed by atoms with Gasteiger partial charge in [0.05, 0.1) is 18.2 Å². The average Bonchev–Trinajstić information content (AvgIpc) is 3.15. The molecule has 0 radical (unpaired) electrons. The van der Waals surface area contributed by atoms with Crippen LogP contribution in [0.15, 0.2) is 47.5 Å². The van der Waals surface area contributed by atoms with Gasteiger partial charge in [-0.3, -0.25) is 4.40 Å². The number of hydrogen-bond acceptors (Lipinski definition) is 5. The molecule has 6 nitrogen and oxygen atoms in total. The molecule has 0 saturated carbocycles. The molecule has 0 amide bonds. The fourth-order valence-electron chi connectivity index (χ4n) is 2.30. The van der Waals surface area contributed by atoms with Gasteiger partial charge in [-0.15, -0.1) is 0 Å². The Bertz CT molecular complexity index is 693. The van der Waals surface area contributed by atoms with E-state index in [0.29, 0.717) is 24.5 Å². The molecular formula is C15H18N4O2. The van der Waals surface area contributed by atoms with Crippen LogP contribution in [0.3, 0.4) is 0 Å². The third kappa shape index (κ3) is 3.12. The van der Waals surface area contributed by atoms with E-state index in [1.54, 1.807) is 24.6 Å². The summed E-state index contributed by atoms with van der Waals surface area (Å²) in [4.78, 5) is 8.43. The lowest BCUT2D eigenvalue weighted by molar-refractivity contribution is 0.128. The molecule has 0 aliphatic heterocycles. The monoisotopic (exact) mass is 286 g/mol. The maximum atomic E-state index is 10.0. The maximum Gasteiger partial charge on any atom is 0.233 e. The van der Waals surface area contributed by atoms with Gasteiger partial charge in [-0.2, -0.15) is 0 Å². The maximum absolute atomic E-state index is 10.0. The largest absolute Gasteiger partial charge is 0.467 e. The molecule has 0 aliphatic carbocycles. The zero-order valence-electron chi connectivity index (χ0n) is 11.8. The highest BCUT2D eigenvalue weighted by Crippen LogP contribution is 2.18. The lowest BCUT2D eigenvalue weighted by atomic mass is 10.1. The van der Waals surface area contributed by atoms with Gasteiger partial charge in [0.2, 0.25) is 5.78 Å². The minimum Gasteiger partial charge on any atom is -0.467 e. The van der Waals surface area contributed by atoms with Gasteiger partial charge in [0.1, 0.15) is 11.9 Å². The van der Waals surface area contributed by atoms with Crippen molar-refractivity contribution >= 4 is 5.78 Å². The molecule has 3 aromatic rings. The number of aromatic nitrogens is 3. The Balaban J connectivity index is 1.57. The number of nitrogens with zero attached hydrogens (tertiary/aromatic N) is 3. The summed E-state index contributed by atoms with van der Waals surface area (Å²) in [6.07, 6.45) is 7.04. The van der Waals surface area contributed by atoms with Gasteiger partial charge in [-0.1, -0.05) is 0 Å². The summed E-state index contributed by atoms with van der Waals surface area (Å²) < 4.78 is 7.15. The van der Waals surface area contributed by atoms with Gasteiger partial charge in [0, 0.05) is 25.0 Å².